The van der Waals surface area contributed by atoms with E-state index in [0.29, 0.717) is 19.3 Å². The summed E-state index contributed by atoms with van der Waals surface area (Å²) in [4.78, 5) is 26.3. The first-order valence-electron chi connectivity index (χ1n) is 29.4. The van der Waals surface area contributed by atoms with Crippen molar-refractivity contribution in [1.82, 2.24) is 5.32 Å². The number of hydrogen-bond acceptors (Lipinski definition) is 5. The van der Waals surface area contributed by atoms with Crippen LogP contribution in [0.15, 0.2) is 12.2 Å². The van der Waals surface area contributed by atoms with Gasteiger partial charge in [-0.05, 0) is 51.4 Å². The van der Waals surface area contributed by atoms with Gasteiger partial charge in [0.05, 0.1) is 25.2 Å². The highest BCUT2D eigenvalue weighted by molar-refractivity contribution is 5.77. The Bertz CT molecular complexity index is 986. The monoisotopic (exact) mass is 918 g/mol. The van der Waals surface area contributed by atoms with E-state index in [1.807, 2.05) is 0 Å². The van der Waals surface area contributed by atoms with Crippen molar-refractivity contribution >= 4 is 11.9 Å². The molecule has 386 valence electrons. The fourth-order valence-electron chi connectivity index (χ4n) is 9.37. The highest BCUT2D eigenvalue weighted by Crippen LogP contribution is 2.19. The van der Waals surface area contributed by atoms with Crippen LogP contribution in [0.3, 0.4) is 0 Å². The molecule has 65 heavy (non-hydrogen) atoms. The van der Waals surface area contributed by atoms with E-state index < -0.39 is 18.2 Å². The molecule has 3 N–H and O–H groups in total. The molecule has 0 bridgehead atoms. The van der Waals surface area contributed by atoms with Crippen molar-refractivity contribution < 1.29 is 24.5 Å². The molecule has 1 amide bonds. The van der Waals surface area contributed by atoms with Gasteiger partial charge in [0.15, 0.2) is 0 Å². The average Bonchev–Trinajstić information content (AvgIpc) is 3.30. The Morgan fingerprint density at radius 2 is 0.738 bits per heavy atom. The minimum atomic E-state index is -0.787. The van der Waals surface area contributed by atoms with Crippen molar-refractivity contribution in [2.24, 2.45) is 0 Å². The van der Waals surface area contributed by atoms with Gasteiger partial charge in [0.1, 0.15) is 6.10 Å². The van der Waals surface area contributed by atoms with Crippen LogP contribution >= 0.6 is 0 Å². The van der Waals surface area contributed by atoms with Crippen molar-refractivity contribution in [3.05, 3.63) is 12.2 Å². The lowest BCUT2D eigenvalue weighted by atomic mass is 10.0. The zero-order valence-electron chi connectivity index (χ0n) is 44.2. The Kier molecular flexibility index (Phi) is 52.4. The number of nitrogens with one attached hydrogen (secondary N) is 1. The number of carbonyl (C=O) groups excluding carboxylic acids is 2. The third kappa shape index (κ3) is 48.9. The van der Waals surface area contributed by atoms with Crippen LogP contribution in [0.4, 0.5) is 0 Å². The maximum Gasteiger partial charge on any atom is 0.306 e. The second-order valence-electron chi connectivity index (χ2n) is 20.4. The normalized spacial score (nSPS) is 13.1. The Morgan fingerprint density at radius 1 is 0.431 bits per heavy atom. The van der Waals surface area contributed by atoms with E-state index in [0.717, 1.165) is 57.8 Å². The molecule has 0 saturated heterocycles. The van der Waals surface area contributed by atoms with Crippen LogP contribution in [0.5, 0.6) is 0 Å². The lowest BCUT2D eigenvalue weighted by molar-refractivity contribution is -0.151. The zero-order chi connectivity index (χ0) is 47.4. The largest absolute Gasteiger partial charge is 0.462 e. The molecule has 0 aromatic carbocycles. The summed E-state index contributed by atoms with van der Waals surface area (Å²) >= 11 is 0. The lowest BCUT2D eigenvalue weighted by Gasteiger charge is -2.24. The van der Waals surface area contributed by atoms with E-state index in [4.69, 9.17) is 4.74 Å². The highest BCUT2D eigenvalue weighted by Gasteiger charge is 2.24. The van der Waals surface area contributed by atoms with Gasteiger partial charge in [0.2, 0.25) is 5.91 Å². The third-order valence-electron chi connectivity index (χ3n) is 13.8. The fraction of sp³-hybridized carbons (Fsp3) is 0.932. The van der Waals surface area contributed by atoms with Gasteiger partial charge in [-0.3, -0.25) is 9.59 Å². The smallest absolute Gasteiger partial charge is 0.306 e. The summed E-state index contributed by atoms with van der Waals surface area (Å²) in [6.45, 7) is 6.53. The number of hydrogen-bond donors (Lipinski definition) is 3. The zero-order valence-corrected chi connectivity index (χ0v) is 44.2. The number of aliphatic hydroxyl groups is 2. The summed E-state index contributed by atoms with van der Waals surface area (Å²) in [5.41, 5.74) is 0. The van der Waals surface area contributed by atoms with E-state index in [2.05, 4.69) is 38.2 Å². The summed E-state index contributed by atoms with van der Waals surface area (Å²) in [5, 5.41) is 23.9. The van der Waals surface area contributed by atoms with Crippen molar-refractivity contribution in [3.63, 3.8) is 0 Å². The number of allylic oxidation sites excluding steroid dienone is 2. The minimum absolute atomic E-state index is 0.0747. The van der Waals surface area contributed by atoms with E-state index >= 15 is 0 Å². The van der Waals surface area contributed by atoms with Crippen molar-refractivity contribution in [3.8, 4) is 0 Å². The van der Waals surface area contributed by atoms with Crippen LogP contribution in [-0.2, 0) is 14.3 Å². The van der Waals surface area contributed by atoms with Crippen LogP contribution in [-0.4, -0.2) is 46.9 Å². The molecular formula is C59H115NO5. The second-order valence-corrected chi connectivity index (χ2v) is 20.4. The molecule has 0 aliphatic carbocycles. The molecule has 0 heterocycles. The molecule has 0 aromatic rings. The Hall–Kier alpha value is -1.40. The van der Waals surface area contributed by atoms with Crippen molar-refractivity contribution in [1.29, 1.82) is 0 Å². The maximum absolute atomic E-state index is 13.3. The summed E-state index contributed by atoms with van der Waals surface area (Å²) in [6.07, 6.45) is 61.4. The number of carbonyl (C=O) groups is 2. The van der Waals surface area contributed by atoms with Gasteiger partial charge in [-0.2, -0.15) is 0 Å². The molecule has 0 saturated carbocycles. The molecule has 0 fully saturated rings. The summed E-state index contributed by atoms with van der Waals surface area (Å²) < 4.78 is 5.96. The maximum atomic E-state index is 13.3. The molecule has 0 aliphatic heterocycles. The van der Waals surface area contributed by atoms with Crippen LogP contribution in [0, 0.1) is 0 Å². The standard InChI is InChI=1S/C59H115NO5/c1-4-7-10-13-16-19-22-25-27-29-31-34-36-39-42-45-48-51-57(62)56(54-61)60-58(63)53-55(50-47-44-41-38-35-33-30-28-26-23-20-17-14-11-8-5-2)65-59(64)52-49-46-43-40-37-32-24-21-18-15-12-9-6-3/h33,35,55-57,61-62H,4-32,34,36-54H2,1-3H3,(H,60,63)/b35-33+. The molecule has 0 rings (SSSR count). The molecule has 6 heteroatoms. The first kappa shape index (κ1) is 63.6. The number of aliphatic hydroxyl groups excluding tert-OH is 2. The predicted molar refractivity (Wildman–Crippen MR) is 283 cm³/mol. The Morgan fingerprint density at radius 3 is 1.11 bits per heavy atom. The fourth-order valence-corrected chi connectivity index (χ4v) is 9.37. The van der Waals surface area contributed by atoms with Gasteiger partial charge in [-0.1, -0.05) is 277 Å². The first-order valence-corrected chi connectivity index (χ1v) is 29.4. The first-order chi connectivity index (χ1) is 32.0. The highest BCUT2D eigenvalue weighted by atomic mass is 16.5. The van der Waals surface area contributed by atoms with Crippen LogP contribution in [0.1, 0.15) is 329 Å². The van der Waals surface area contributed by atoms with Crippen molar-refractivity contribution in [2.75, 3.05) is 6.61 Å². The second kappa shape index (κ2) is 53.6. The topological polar surface area (TPSA) is 95.9 Å². The van der Waals surface area contributed by atoms with Crippen LogP contribution in [0.25, 0.3) is 0 Å². The molecule has 0 aromatic heterocycles. The van der Waals surface area contributed by atoms with Crippen LogP contribution < -0.4 is 5.32 Å². The van der Waals surface area contributed by atoms with E-state index in [-0.39, 0.29) is 24.9 Å². The number of unbranched alkanes of at least 4 members (excludes halogenated alkanes) is 40. The summed E-state index contributed by atoms with van der Waals surface area (Å²) in [5.74, 6) is -0.466. The molecule has 3 atom stereocenters. The SMILES string of the molecule is CCCCCCCCCCC/C=C/CCCCCC(CC(=O)NC(CO)C(O)CCCCCCCCCCCCCCCCCCC)OC(=O)CCCCCCCCCCCCCCC. The molecule has 6 nitrogen and oxygen atoms in total. The molecule has 0 spiro atoms. The van der Waals surface area contributed by atoms with Gasteiger partial charge in [0.25, 0.3) is 0 Å². The van der Waals surface area contributed by atoms with Gasteiger partial charge >= 0.3 is 5.97 Å². The Balaban J connectivity index is 4.50. The van der Waals surface area contributed by atoms with Gasteiger partial charge < -0.3 is 20.3 Å². The van der Waals surface area contributed by atoms with E-state index in [1.54, 1.807) is 0 Å². The molecule has 0 radical (unpaired) electrons. The number of amides is 1. The number of ether oxygens (including phenoxy) is 1. The van der Waals surface area contributed by atoms with E-state index in [9.17, 15) is 19.8 Å². The van der Waals surface area contributed by atoms with Gasteiger partial charge in [-0.25, -0.2) is 0 Å². The molecule has 3 unspecified atom stereocenters. The summed E-state index contributed by atoms with van der Waals surface area (Å²) in [7, 11) is 0. The lowest BCUT2D eigenvalue weighted by Crippen LogP contribution is -2.46. The average molecular weight is 919 g/mol. The molecular weight excluding hydrogens is 803 g/mol. The quantitative estimate of drug-likeness (QED) is 0.0321. The van der Waals surface area contributed by atoms with Crippen molar-refractivity contribution in [2.45, 2.75) is 347 Å². The molecule has 0 aliphatic rings. The Labute approximate surface area is 406 Å². The minimum Gasteiger partial charge on any atom is -0.462 e. The van der Waals surface area contributed by atoms with Gasteiger partial charge in [-0.15, -0.1) is 0 Å². The van der Waals surface area contributed by atoms with Gasteiger partial charge in [0, 0.05) is 6.42 Å². The van der Waals surface area contributed by atoms with E-state index in [1.165, 1.54) is 225 Å². The van der Waals surface area contributed by atoms with Crippen LogP contribution in [0.2, 0.25) is 0 Å². The number of esters is 1. The summed E-state index contributed by atoms with van der Waals surface area (Å²) in [6, 6.07) is -0.701. The predicted octanol–water partition coefficient (Wildman–Crippen LogP) is 18.1. The number of rotatable bonds is 54. The third-order valence-corrected chi connectivity index (χ3v) is 13.8.